The number of hydrogen-bond acceptors (Lipinski definition) is 6. The molecule has 2 rings (SSSR count). The zero-order valence-corrected chi connectivity index (χ0v) is 10.5. The van der Waals surface area contributed by atoms with E-state index in [0.717, 1.165) is 3.79 Å². The molecule has 5 nitrogen and oxygen atoms in total. The van der Waals surface area contributed by atoms with Crippen molar-refractivity contribution in [3.63, 3.8) is 0 Å². The minimum Gasteiger partial charge on any atom is -0.394 e. The summed E-state index contributed by atoms with van der Waals surface area (Å²) >= 11 is 4.42. The van der Waals surface area contributed by atoms with Crippen LogP contribution >= 0.6 is 27.3 Å². The fraction of sp³-hybridized carbons (Fsp3) is 0.556. The Bertz CT molecular complexity index is 384. The molecule has 4 atom stereocenters. The van der Waals surface area contributed by atoms with Crippen LogP contribution in [0.1, 0.15) is 4.88 Å². The van der Waals surface area contributed by atoms with Crippen molar-refractivity contribution >= 4 is 27.3 Å². The molecular formula is C9H11BrO5S. The second kappa shape index (κ2) is 4.34. The van der Waals surface area contributed by atoms with Crippen LogP contribution in [0.3, 0.4) is 0 Å². The van der Waals surface area contributed by atoms with Gasteiger partial charge in [0.15, 0.2) is 0 Å². The summed E-state index contributed by atoms with van der Waals surface area (Å²) in [6, 6.07) is 3.29. The van der Waals surface area contributed by atoms with Gasteiger partial charge in [-0.1, -0.05) is 0 Å². The van der Waals surface area contributed by atoms with Crippen LogP contribution in [0, 0.1) is 0 Å². The molecule has 1 aromatic heterocycles. The van der Waals surface area contributed by atoms with Crippen molar-refractivity contribution in [1.29, 1.82) is 0 Å². The molecule has 2 heterocycles. The van der Waals surface area contributed by atoms with Crippen molar-refractivity contribution in [2.75, 3.05) is 6.61 Å². The predicted octanol–water partition coefficient (Wildman–Crippen LogP) is -0.231. The van der Waals surface area contributed by atoms with E-state index in [1.165, 1.54) is 11.3 Å². The first-order valence-electron chi connectivity index (χ1n) is 4.62. The van der Waals surface area contributed by atoms with Crippen LogP contribution in [0.4, 0.5) is 0 Å². The minimum atomic E-state index is -1.95. The van der Waals surface area contributed by atoms with E-state index in [2.05, 4.69) is 15.9 Å². The third-order valence-electron chi connectivity index (χ3n) is 2.54. The quantitative estimate of drug-likeness (QED) is 0.606. The Kier molecular flexibility index (Phi) is 3.37. The summed E-state index contributed by atoms with van der Waals surface area (Å²) in [7, 11) is 0. The van der Waals surface area contributed by atoms with E-state index in [4.69, 9.17) is 9.84 Å². The number of aliphatic hydroxyl groups is 4. The molecule has 7 heteroatoms. The smallest absolute Gasteiger partial charge is 0.232 e. The van der Waals surface area contributed by atoms with E-state index < -0.39 is 30.7 Å². The summed E-state index contributed by atoms with van der Waals surface area (Å²) in [5.41, 5.74) is 0. The van der Waals surface area contributed by atoms with Crippen LogP contribution < -0.4 is 0 Å². The van der Waals surface area contributed by atoms with Gasteiger partial charge in [0.2, 0.25) is 5.79 Å². The zero-order chi connectivity index (χ0) is 11.9. The van der Waals surface area contributed by atoms with Crippen molar-refractivity contribution in [3.8, 4) is 0 Å². The van der Waals surface area contributed by atoms with Gasteiger partial charge in [-0.05, 0) is 28.1 Å². The van der Waals surface area contributed by atoms with Crippen molar-refractivity contribution in [3.05, 3.63) is 20.8 Å². The summed E-state index contributed by atoms with van der Waals surface area (Å²) in [5, 5.41) is 38.4. The molecule has 1 fully saturated rings. The highest BCUT2D eigenvalue weighted by Crippen LogP contribution is 2.41. The molecule has 0 radical (unpaired) electrons. The number of thiophene rings is 1. The van der Waals surface area contributed by atoms with E-state index in [9.17, 15) is 15.3 Å². The molecule has 0 aliphatic carbocycles. The number of rotatable bonds is 2. The number of hydrogen-bond donors (Lipinski definition) is 4. The van der Waals surface area contributed by atoms with Crippen LogP contribution in [0.5, 0.6) is 0 Å². The highest BCUT2D eigenvalue weighted by molar-refractivity contribution is 9.11. The van der Waals surface area contributed by atoms with Crippen molar-refractivity contribution in [2.24, 2.45) is 0 Å². The lowest BCUT2D eigenvalue weighted by Gasteiger charge is -2.24. The average Bonchev–Trinajstić information content (AvgIpc) is 2.78. The number of aliphatic hydroxyl groups excluding tert-OH is 3. The van der Waals surface area contributed by atoms with Gasteiger partial charge in [0, 0.05) is 0 Å². The predicted molar refractivity (Wildman–Crippen MR) is 59.9 cm³/mol. The summed E-state index contributed by atoms with van der Waals surface area (Å²) in [5.74, 6) is -1.95. The minimum absolute atomic E-state index is 0.377. The van der Waals surface area contributed by atoms with Crippen LogP contribution in [-0.4, -0.2) is 45.3 Å². The highest BCUT2D eigenvalue weighted by atomic mass is 79.9. The summed E-state index contributed by atoms with van der Waals surface area (Å²) in [6.45, 7) is -0.465. The van der Waals surface area contributed by atoms with Gasteiger partial charge >= 0.3 is 0 Å². The lowest BCUT2D eigenvalue weighted by Crippen LogP contribution is -2.40. The molecule has 0 saturated carbocycles. The van der Waals surface area contributed by atoms with E-state index in [-0.39, 0.29) is 0 Å². The van der Waals surface area contributed by atoms with E-state index >= 15 is 0 Å². The van der Waals surface area contributed by atoms with Gasteiger partial charge in [0.1, 0.15) is 18.3 Å². The Balaban J connectivity index is 2.32. The van der Waals surface area contributed by atoms with Crippen LogP contribution in [-0.2, 0) is 10.5 Å². The Morgan fingerprint density at radius 2 is 2.12 bits per heavy atom. The van der Waals surface area contributed by atoms with Crippen LogP contribution in [0.2, 0.25) is 0 Å². The van der Waals surface area contributed by atoms with E-state index in [1.807, 2.05) is 0 Å². The fourth-order valence-corrected chi connectivity index (χ4v) is 3.11. The van der Waals surface area contributed by atoms with Gasteiger partial charge in [-0.25, -0.2) is 0 Å². The topological polar surface area (TPSA) is 90.2 Å². The van der Waals surface area contributed by atoms with Crippen molar-refractivity contribution in [1.82, 2.24) is 0 Å². The first-order chi connectivity index (χ1) is 7.49. The lowest BCUT2D eigenvalue weighted by molar-refractivity contribution is -0.237. The van der Waals surface area contributed by atoms with Gasteiger partial charge in [-0.2, -0.15) is 0 Å². The molecule has 0 bridgehead atoms. The Hall–Kier alpha value is -0.0200. The molecule has 1 aliphatic rings. The number of ether oxygens (including phenoxy) is 1. The third kappa shape index (κ3) is 1.82. The van der Waals surface area contributed by atoms with Crippen molar-refractivity contribution < 1.29 is 25.2 Å². The largest absolute Gasteiger partial charge is 0.394 e. The Labute approximate surface area is 104 Å². The summed E-state index contributed by atoms with van der Waals surface area (Å²) < 4.78 is 5.89. The summed E-state index contributed by atoms with van der Waals surface area (Å²) in [4.78, 5) is 0.377. The van der Waals surface area contributed by atoms with Crippen LogP contribution in [0.25, 0.3) is 0 Å². The average molecular weight is 311 g/mol. The van der Waals surface area contributed by atoms with Gasteiger partial charge < -0.3 is 25.2 Å². The van der Waals surface area contributed by atoms with Gasteiger partial charge in [0.25, 0.3) is 0 Å². The molecule has 90 valence electrons. The third-order valence-corrected chi connectivity index (χ3v) is 4.27. The lowest BCUT2D eigenvalue weighted by atomic mass is 10.0. The monoisotopic (exact) mass is 310 g/mol. The molecule has 16 heavy (non-hydrogen) atoms. The van der Waals surface area contributed by atoms with E-state index in [0.29, 0.717) is 4.88 Å². The van der Waals surface area contributed by atoms with Crippen LogP contribution in [0.15, 0.2) is 15.9 Å². The number of halogens is 1. The molecule has 0 amide bonds. The maximum atomic E-state index is 10.2. The van der Waals surface area contributed by atoms with Gasteiger partial charge in [-0.15, -0.1) is 11.3 Å². The maximum Gasteiger partial charge on any atom is 0.232 e. The maximum absolute atomic E-state index is 10.2. The van der Waals surface area contributed by atoms with Crippen molar-refractivity contribution in [2.45, 2.75) is 24.1 Å². The molecule has 0 aromatic carbocycles. The SMILES string of the molecule is OC[C@H]1O[C@](O)(c2ccc(Br)s2)[C@H](O)[C@@H]1O. The van der Waals surface area contributed by atoms with Gasteiger partial charge in [0.05, 0.1) is 15.3 Å². The zero-order valence-electron chi connectivity index (χ0n) is 8.08. The first-order valence-corrected chi connectivity index (χ1v) is 6.23. The van der Waals surface area contributed by atoms with Gasteiger partial charge in [-0.3, -0.25) is 0 Å². The highest BCUT2D eigenvalue weighted by Gasteiger charge is 2.54. The molecule has 1 saturated heterocycles. The second-order valence-corrected chi connectivity index (χ2v) is 6.04. The molecule has 1 aromatic rings. The molecule has 0 spiro atoms. The fourth-order valence-electron chi connectivity index (χ4n) is 1.66. The standard InChI is InChI=1S/C9H11BrO5S/c10-6-2-1-5(16-6)9(14)8(13)7(12)4(3-11)15-9/h1-2,4,7-8,11-14H,3H2/t4-,7-,8-,9-/m1/s1. The molecular weight excluding hydrogens is 300 g/mol. The summed E-state index contributed by atoms with van der Waals surface area (Å²) in [6.07, 6.45) is -3.77. The molecule has 4 N–H and O–H groups in total. The van der Waals surface area contributed by atoms with E-state index in [1.54, 1.807) is 12.1 Å². The Morgan fingerprint density at radius 3 is 2.56 bits per heavy atom. The molecule has 0 unspecified atom stereocenters. The Morgan fingerprint density at radius 1 is 1.44 bits per heavy atom. The second-order valence-electron chi connectivity index (χ2n) is 3.57. The normalized spacial score (nSPS) is 39.2. The molecule has 1 aliphatic heterocycles. The first kappa shape index (κ1) is 12.4.